The second-order valence-electron chi connectivity index (χ2n) is 9.43. The number of esters is 1. The first-order valence-corrected chi connectivity index (χ1v) is 13.1. The van der Waals surface area contributed by atoms with E-state index in [0.717, 1.165) is 48.7 Å². The number of rotatable bonds is 5. The lowest BCUT2D eigenvalue weighted by atomic mass is 9.87. The van der Waals surface area contributed by atoms with Crippen LogP contribution in [0.5, 0.6) is 0 Å². The number of hydrogen-bond acceptors (Lipinski definition) is 8. The van der Waals surface area contributed by atoms with Gasteiger partial charge in [0.1, 0.15) is 22.2 Å². The van der Waals surface area contributed by atoms with Gasteiger partial charge in [-0.3, -0.25) is 0 Å². The Labute approximate surface area is 226 Å². The molecule has 1 atom stereocenters. The summed E-state index contributed by atoms with van der Waals surface area (Å²) in [5.41, 5.74) is 1.27. The number of nitrogens with zero attached hydrogens (tertiary/aromatic N) is 3. The van der Waals surface area contributed by atoms with Crippen LogP contribution in [0.3, 0.4) is 0 Å². The van der Waals surface area contributed by atoms with Crippen LogP contribution >= 0.6 is 11.3 Å². The van der Waals surface area contributed by atoms with E-state index in [9.17, 15) is 23.1 Å². The van der Waals surface area contributed by atoms with E-state index >= 15 is 0 Å². The fourth-order valence-electron chi connectivity index (χ4n) is 4.75. The van der Waals surface area contributed by atoms with Gasteiger partial charge in [0.15, 0.2) is 0 Å². The van der Waals surface area contributed by atoms with Crippen molar-refractivity contribution in [2.24, 2.45) is 0 Å². The first kappa shape index (κ1) is 26.8. The summed E-state index contributed by atoms with van der Waals surface area (Å²) >= 11 is 1.30. The Hall–Kier alpha value is -3.83. The van der Waals surface area contributed by atoms with Crippen LogP contribution < -0.4 is 5.32 Å². The summed E-state index contributed by atoms with van der Waals surface area (Å²) in [6, 6.07) is 10.6. The zero-order valence-corrected chi connectivity index (χ0v) is 22.0. The summed E-state index contributed by atoms with van der Waals surface area (Å²) < 4.78 is 44.2. The highest BCUT2D eigenvalue weighted by atomic mass is 32.1. The van der Waals surface area contributed by atoms with Gasteiger partial charge in [-0.2, -0.15) is 13.2 Å². The van der Waals surface area contributed by atoms with Gasteiger partial charge in [-0.25, -0.2) is 19.7 Å². The molecular weight excluding hydrogens is 529 g/mol. The van der Waals surface area contributed by atoms with Crippen LogP contribution in [0, 0.1) is 6.92 Å². The number of anilines is 2. The fraction of sp³-hybridized carbons (Fsp3) is 0.286. The number of aryl methyl sites for hydroxylation is 2. The van der Waals surface area contributed by atoms with Gasteiger partial charge in [0, 0.05) is 12.4 Å². The van der Waals surface area contributed by atoms with E-state index in [4.69, 9.17) is 4.74 Å². The average Bonchev–Trinajstić information content (AvgIpc) is 3.35. The lowest BCUT2D eigenvalue weighted by Gasteiger charge is -2.27. The summed E-state index contributed by atoms with van der Waals surface area (Å²) in [6.07, 6.45) is 1.07. The monoisotopic (exact) mass is 554 g/mol. The van der Waals surface area contributed by atoms with Crippen molar-refractivity contribution in [3.8, 4) is 10.6 Å². The molecule has 0 amide bonds. The molecule has 0 spiro atoms. The highest BCUT2D eigenvalue weighted by molar-refractivity contribution is 7.15. The van der Waals surface area contributed by atoms with Crippen molar-refractivity contribution in [1.82, 2.24) is 15.0 Å². The second-order valence-corrected chi connectivity index (χ2v) is 10.5. The number of thiazole rings is 1. The number of nitrogens with one attached hydrogen (secondary N) is 1. The first-order valence-electron chi connectivity index (χ1n) is 12.3. The van der Waals surface area contributed by atoms with Gasteiger partial charge in [0.05, 0.1) is 28.8 Å². The predicted molar refractivity (Wildman–Crippen MR) is 141 cm³/mol. The lowest BCUT2D eigenvalue weighted by molar-refractivity contribution is -0.137. The minimum absolute atomic E-state index is 0.0227. The van der Waals surface area contributed by atoms with E-state index < -0.39 is 23.3 Å². The molecule has 1 aliphatic rings. The molecule has 39 heavy (non-hydrogen) atoms. The molecule has 3 aromatic heterocycles. The van der Waals surface area contributed by atoms with Crippen LogP contribution in [0.15, 0.2) is 54.9 Å². The SMILES string of the molecule is COC(=O)c1ccc2c(c1)CCCC[C@@]2(O)c1ncc(-c2cc(C)cc(Nc3cc(C(F)(F)F)ccn3)n2)s1. The van der Waals surface area contributed by atoms with E-state index in [2.05, 4.69) is 20.3 Å². The number of alkyl halides is 3. The molecule has 11 heteroatoms. The van der Waals surface area contributed by atoms with E-state index in [0.29, 0.717) is 38.9 Å². The Kier molecular flexibility index (Phi) is 7.13. The van der Waals surface area contributed by atoms with Crippen molar-refractivity contribution in [2.45, 2.75) is 44.4 Å². The number of carbonyl (C=O) groups excluding carboxylic acids is 1. The molecular formula is C28H25F3N4O3S. The van der Waals surface area contributed by atoms with Crippen molar-refractivity contribution >= 4 is 28.9 Å². The summed E-state index contributed by atoms with van der Waals surface area (Å²) in [5.74, 6) is -0.0763. The molecule has 3 heterocycles. The molecule has 1 aromatic carbocycles. The van der Waals surface area contributed by atoms with Crippen molar-refractivity contribution < 1.29 is 27.8 Å². The molecule has 2 N–H and O–H groups in total. The molecule has 202 valence electrons. The molecule has 0 aliphatic heterocycles. The molecule has 4 aromatic rings. The highest BCUT2D eigenvalue weighted by Gasteiger charge is 2.38. The van der Waals surface area contributed by atoms with E-state index in [1.807, 2.05) is 13.0 Å². The van der Waals surface area contributed by atoms with Crippen molar-refractivity contribution in [3.63, 3.8) is 0 Å². The third-order valence-corrected chi connectivity index (χ3v) is 7.80. The van der Waals surface area contributed by atoms with Gasteiger partial charge in [-0.15, -0.1) is 11.3 Å². The summed E-state index contributed by atoms with van der Waals surface area (Å²) in [7, 11) is 1.33. The summed E-state index contributed by atoms with van der Waals surface area (Å²) in [6.45, 7) is 1.85. The molecule has 0 saturated heterocycles. The molecule has 0 unspecified atom stereocenters. The van der Waals surface area contributed by atoms with Crippen LogP contribution in [0.25, 0.3) is 10.6 Å². The van der Waals surface area contributed by atoms with Crippen LogP contribution in [0.2, 0.25) is 0 Å². The molecule has 7 nitrogen and oxygen atoms in total. The largest absolute Gasteiger partial charge is 0.465 e. The molecule has 0 saturated carbocycles. The Morgan fingerprint density at radius 1 is 1.10 bits per heavy atom. The Morgan fingerprint density at radius 3 is 2.69 bits per heavy atom. The normalized spacial score (nSPS) is 17.3. The third-order valence-electron chi connectivity index (χ3n) is 6.63. The van der Waals surface area contributed by atoms with Gasteiger partial charge in [-0.05, 0) is 85.7 Å². The number of methoxy groups -OCH3 is 1. The third kappa shape index (κ3) is 5.50. The zero-order valence-electron chi connectivity index (χ0n) is 21.2. The Balaban J connectivity index is 1.47. The number of aliphatic hydroxyl groups is 1. The number of halogens is 3. The molecule has 0 bridgehead atoms. The van der Waals surface area contributed by atoms with Gasteiger partial charge in [-0.1, -0.05) is 6.07 Å². The average molecular weight is 555 g/mol. The summed E-state index contributed by atoms with van der Waals surface area (Å²) in [4.78, 5) is 25.9. The predicted octanol–water partition coefficient (Wildman–Crippen LogP) is 6.42. The highest BCUT2D eigenvalue weighted by Crippen LogP contribution is 2.43. The van der Waals surface area contributed by atoms with Crippen molar-refractivity contribution in [2.75, 3.05) is 12.4 Å². The van der Waals surface area contributed by atoms with Crippen LogP contribution in [0.1, 0.15) is 56.9 Å². The second kappa shape index (κ2) is 10.4. The smallest absolute Gasteiger partial charge is 0.416 e. The number of fused-ring (bicyclic) bond motifs is 1. The van der Waals surface area contributed by atoms with Gasteiger partial charge >= 0.3 is 12.1 Å². The number of pyridine rings is 2. The number of hydrogen-bond donors (Lipinski definition) is 2. The van der Waals surface area contributed by atoms with E-state index in [-0.39, 0.29) is 5.82 Å². The lowest BCUT2D eigenvalue weighted by Crippen LogP contribution is -2.27. The van der Waals surface area contributed by atoms with Crippen LogP contribution in [-0.4, -0.2) is 33.1 Å². The fourth-order valence-corrected chi connectivity index (χ4v) is 5.76. The molecule has 1 aliphatic carbocycles. The van der Waals surface area contributed by atoms with E-state index in [1.165, 1.54) is 18.4 Å². The maximum Gasteiger partial charge on any atom is 0.416 e. The zero-order chi connectivity index (χ0) is 27.8. The maximum absolute atomic E-state index is 13.1. The Bertz CT molecular complexity index is 1540. The number of aromatic nitrogens is 3. The topological polar surface area (TPSA) is 97.2 Å². The van der Waals surface area contributed by atoms with Crippen LogP contribution in [0.4, 0.5) is 24.8 Å². The molecule has 5 rings (SSSR count). The van der Waals surface area contributed by atoms with Gasteiger partial charge in [0.25, 0.3) is 0 Å². The quantitative estimate of drug-likeness (QED) is 0.217. The number of ether oxygens (including phenoxy) is 1. The van der Waals surface area contributed by atoms with Gasteiger partial charge < -0.3 is 15.2 Å². The molecule has 0 fully saturated rings. The maximum atomic E-state index is 13.1. The Morgan fingerprint density at radius 2 is 1.92 bits per heavy atom. The minimum Gasteiger partial charge on any atom is -0.465 e. The van der Waals surface area contributed by atoms with Crippen molar-refractivity contribution in [1.29, 1.82) is 0 Å². The summed E-state index contributed by atoms with van der Waals surface area (Å²) in [5, 5.41) is 15.3. The van der Waals surface area contributed by atoms with Crippen LogP contribution in [-0.2, 0) is 22.9 Å². The minimum atomic E-state index is -4.48. The van der Waals surface area contributed by atoms with Crippen molar-refractivity contribution in [3.05, 3.63) is 87.7 Å². The number of carbonyl (C=O) groups is 1. The van der Waals surface area contributed by atoms with Gasteiger partial charge in [0.2, 0.25) is 0 Å². The van der Waals surface area contributed by atoms with E-state index in [1.54, 1.807) is 30.5 Å². The number of benzene rings is 1. The first-order chi connectivity index (χ1) is 18.6. The standard InChI is InChI=1S/C28H25F3N4O3S/c1-16-11-21(34-24(12-16)35-23-14-19(8-10-32-23)28(29,30)31)22-15-33-26(39-22)27(37)9-4-3-5-17-13-18(25(36)38-2)6-7-20(17)27/h6-8,10-15,37H,3-5,9H2,1-2H3,(H,32,34,35)/t27-/m0/s1. The molecule has 0 radical (unpaired) electrons.